The van der Waals surface area contributed by atoms with Crippen molar-refractivity contribution >= 4 is 34.6 Å². The Morgan fingerprint density at radius 2 is 2.14 bits per heavy atom. The Bertz CT molecular complexity index is 551. The van der Waals surface area contributed by atoms with Crippen LogP contribution >= 0.6 is 12.2 Å². The first-order chi connectivity index (χ1) is 9.93. The minimum Gasteiger partial charge on any atom is -0.330 e. The number of carbonyl (C=O) groups is 1. The molecule has 1 amide bonds. The number of halogens is 1. The largest absolute Gasteiger partial charge is 0.330 e. The second-order valence-corrected chi connectivity index (χ2v) is 4.79. The Kier molecular flexibility index (Phi) is 6.67. The molecule has 1 aromatic carbocycles. The van der Waals surface area contributed by atoms with Gasteiger partial charge in [0.05, 0.1) is 10.6 Å². The van der Waals surface area contributed by atoms with Crippen molar-refractivity contribution in [3.05, 3.63) is 34.1 Å². The van der Waals surface area contributed by atoms with Crippen LogP contribution in [0.15, 0.2) is 18.2 Å². The lowest BCUT2D eigenvalue weighted by Gasteiger charge is -2.10. The van der Waals surface area contributed by atoms with E-state index in [1.165, 1.54) is 0 Å². The van der Waals surface area contributed by atoms with Crippen LogP contribution in [-0.2, 0) is 4.79 Å². The summed E-state index contributed by atoms with van der Waals surface area (Å²) in [7, 11) is 0. The summed E-state index contributed by atoms with van der Waals surface area (Å²) in [6.07, 6.45) is 3.01. The minimum atomic E-state index is -0.691. The SMILES string of the molecule is CCCCCC(=O)NC(=S)Nc1cc([N+](=O)[O-])ccc1F. The molecule has 0 heterocycles. The van der Waals surface area contributed by atoms with Crippen LogP contribution in [0.3, 0.4) is 0 Å². The maximum absolute atomic E-state index is 13.5. The van der Waals surface area contributed by atoms with Crippen molar-refractivity contribution in [3.8, 4) is 0 Å². The van der Waals surface area contributed by atoms with Crippen LogP contribution in [0.25, 0.3) is 0 Å². The molecule has 0 atom stereocenters. The summed E-state index contributed by atoms with van der Waals surface area (Å²) < 4.78 is 13.5. The second-order valence-electron chi connectivity index (χ2n) is 4.38. The maximum Gasteiger partial charge on any atom is 0.271 e. The van der Waals surface area contributed by atoms with E-state index in [0.29, 0.717) is 6.42 Å². The van der Waals surface area contributed by atoms with Crippen molar-refractivity contribution in [2.45, 2.75) is 32.6 Å². The summed E-state index contributed by atoms with van der Waals surface area (Å²) in [6.45, 7) is 2.02. The van der Waals surface area contributed by atoms with E-state index in [1.807, 2.05) is 6.92 Å². The lowest BCUT2D eigenvalue weighted by Crippen LogP contribution is -2.34. The van der Waals surface area contributed by atoms with Gasteiger partial charge >= 0.3 is 0 Å². The second kappa shape index (κ2) is 8.25. The first-order valence-electron chi connectivity index (χ1n) is 6.48. The van der Waals surface area contributed by atoms with Crippen molar-refractivity contribution in [3.63, 3.8) is 0 Å². The molecule has 2 N–H and O–H groups in total. The number of nitro benzene ring substituents is 1. The molecular formula is C13H16FN3O3S. The number of benzene rings is 1. The van der Waals surface area contributed by atoms with Crippen LogP contribution < -0.4 is 10.6 Å². The Hall–Kier alpha value is -2.09. The molecule has 0 aliphatic carbocycles. The first kappa shape index (κ1) is 17.0. The summed E-state index contributed by atoms with van der Waals surface area (Å²) in [6, 6.07) is 3.03. The molecule has 1 aromatic rings. The molecule has 0 aromatic heterocycles. The van der Waals surface area contributed by atoms with Gasteiger partial charge in [-0.15, -0.1) is 0 Å². The van der Waals surface area contributed by atoms with E-state index in [2.05, 4.69) is 10.6 Å². The zero-order chi connectivity index (χ0) is 15.8. The number of carbonyl (C=O) groups excluding carboxylic acids is 1. The highest BCUT2D eigenvalue weighted by Gasteiger charge is 2.12. The predicted octanol–water partition coefficient (Wildman–Crippen LogP) is 3.13. The zero-order valence-corrected chi connectivity index (χ0v) is 12.3. The molecule has 1 rings (SSSR count). The standard InChI is InChI=1S/C13H16FN3O3S/c1-2-3-4-5-12(18)16-13(21)15-11-8-9(17(19)20)6-7-10(11)14/h6-8H,2-5H2,1H3,(H2,15,16,18,21). The fraction of sp³-hybridized carbons (Fsp3) is 0.385. The zero-order valence-electron chi connectivity index (χ0n) is 11.5. The summed E-state index contributed by atoms with van der Waals surface area (Å²) >= 11 is 4.88. The van der Waals surface area contributed by atoms with E-state index in [-0.39, 0.29) is 22.4 Å². The van der Waals surface area contributed by atoms with Crippen molar-refractivity contribution in [2.75, 3.05) is 5.32 Å². The van der Waals surface area contributed by atoms with Gasteiger partial charge in [0.15, 0.2) is 5.11 Å². The van der Waals surface area contributed by atoms with Crippen molar-refractivity contribution in [1.82, 2.24) is 5.32 Å². The Balaban J connectivity index is 2.60. The number of anilines is 1. The van der Waals surface area contributed by atoms with E-state index in [0.717, 1.165) is 37.5 Å². The van der Waals surface area contributed by atoms with Gasteiger partial charge in [0.2, 0.25) is 5.91 Å². The Labute approximate surface area is 126 Å². The predicted molar refractivity (Wildman–Crippen MR) is 81.6 cm³/mol. The molecule has 21 heavy (non-hydrogen) atoms. The van der Waals surface area contributed by atoms with E-state index in [1.54, 1.807) is 0 Å². The topological polar surface area (TPSA) is 84.3 Å². The first-order valence-corrected chi connectivity index (χ1v) is 6.89. The monoisotopic (exact) mass is 313 g/mol. The molecular weight excluding hydrogens is 297 g/mol. The van der Waals surface area contributed by atoms with E-state index >= 15 is 0 Å². The van der Waals surface area contributed by atoms with Crippen LogP contribution in [0, 0.1) is 15.9 Å². The smallest absolute Gasteiger partial charge is 0.271 e. The number of hydrogen-bond acceptors (Lipinski definition) is 4. The fourth-order valence-electron chi connectivity index (χ4n) is 1.60. The maximum atomic E-state index is 13.5. The van der Waals surface area contributed by atoms with Gasteiger partial charge in [-0.2, -0.15) is 0 Å². The third-order valence-electron chi connectivity index (χ3n) is 2.67. The van der Waals surface area contributed by atoms with Gasteiger partial charge in [-0.05, 0) is 24.7 Å². The molecule has 0 bridgehead atoms. The number of nitrogens with zero attached hydrogens (tertiary/aromatic N) is 1. The van der Waals surface area contributed by atoms with Gasteiger partial charge in [0.1, 0.15) is 5.82 Å². The number of nitro groups is 1. The van der Waals surface area contributed by atoms with Gasteiger partial charge in [-0.3, -0.25) is 14.9 Å². The third-order valence-corrected chi connectivity index (χ3v) is 2.87. The van der Waals surface area contributed by atoms with Gasteiger partial charge < -0.3 is 10.6 Å². The average Bonchev–Trinajstić information content (AvgIpc) is 2.41. The molecule has 0 unspecified atom stereocenters. The summed E-state index contributed by atoms with van der Waals surface area (Å²) in [4.78, 5) is 21.5. The highest BCUT2D eigenvalue weighted by molar-refractivity contribution is 7.80. The van der Waals surface area contributed by atoms with E-state index < -0.39 is 10.7 Å². The van der Waals surface area contributed by atoms with Crippen LogP contribution in [0.4, 0.5) is 15.8 Å². The third kappa shape index (κ3) is 5.82. The fourth-order valence-corrected chi connectivity index (χ4v) is 1.82. The van der Waals surface area contributed by atoms with E-state index in [9.17, 15) is 19.3 Å². The number of hydrogen-bond donors (Lipinski definition) is 2. The van der Waals surface area contributed by atoms with Gasteiger partial charge in [-0.25, -0.2) is 4.39 Å². The van der Waals surface area contributed by atoms with Crippen molar-refractivity contribution in [2.24, 2.45) is 0 Å². The average molecular weight is 313 g/mol. The normalized spacial score (nSPS) is 10.0. The molecule has 0 spiro atoms. The van der Waals surface area contributed by atoms with Crippen LogP contribution in [0.2, 0.25) is 0 Å². The summed E-state index contributed by atoms with van der Waals surface area (Å²) in [5.74, 6) is -0.963. The van der Waals surface area contributed by atoms with Crippen LogP contribution in [0.5, 0.6) is 0 Å². The lowest BCUT2D eigenvalue weighted by atomic mass is 10.2. The van der Waals surface area contributed by atoms with Crippen molar-refractivity contribution in [1.29, 1.82) is 0 Å². The highest BCUT2D eigenvalue weighted by atomic mass is 32.1. The molecule has 0 saturated heterocycles. The number of nitrogens with one attached hydrogen (secondary N) is 2. The van der Waals surface area contributed by atoms with Crippen LogP contribution in [-0.4, -0.2) is 15.9 Å². The van der Waals surface area contributed by atoms with Gasteiger partial charge in [-0.1, -0.05) is 19.8 Å². The number of amides is 1. The van der Waals surface area contributed by atoms with Crippen molar-refractivity contribution < 1.29 is 14.1 Å². The van der Waals surface area contributed by atoms with Gasteiger partial charge in [0.25, 0.3) is 5.69 Å². The molecule has 6 nitrogen and oxygen atoms in total. The number of thiocarbonyl (C=S) groups is 1. The minimum absolute atomic E-state index is 0.0871. The number of rotatable bonds is 6. The molecule has 8 heteroatoms. The van der Waals surface area contributed by atoms with Crippen LogP contribution in [0.1, 0.15) is 32.6 Å². The summed E-state index contributed by atoms with van der Waals surface area (Å²) in [5, 5.41) is 15.4. The highest BCUT2D eigenvalue weighted by Crippen LogP contribution is 2.21. The number of non-ortho nitro benzene ring substituents is 1. The Morgan fingerprint density at radius 1 is 1.43 bits per heavy atom. The van der Waals surface area contributed by atoms with Gasteiger partial charge in [0, 0.05) is 18.6 Å². The molecule has 114 valence electrons. The molecule has 0 aliphatic rings. The molecule has 0 saturated carbocycles. The number of unbranched alkanes of at least 4 members (excludes halogenated alkanes) is 2. The lowest BCUT2D eigenvalue weighted by molar-refractivity contribution is -0.384. The molecule has 0 aliphatic heterocycles. The summed E-state index contributed by atoms with van der Waals surface area (Å²) in [5.41, 5.74) is -0.418. The quantitative estimate of drug-likeness (QED) is 0.365. The Morgan fingerprint density at radius 3 is 2.76 bits per heavy atom. The van der Waals surface area contributed by atoms with E-state index in [4.69, 9.17) is 12.2 Å². The molecule has 0 radical (unpaired) electrons. The molecule has 0 fully saturated rings.